The molecule has 4 aromatic rings. The molecule has 0 saturated carbocycles. The molecule has 6 nitrogen and oxygen atoms in total. The zero-order chi connectivity index (χ0) is 23.8. The first kappa shape index (κ1) is 22.3. The highest BCUT2D eigenvalue weighted by Crippen LogP contribution is 2.45. The van der Waals surface area contributed by atoms with E-state index in [0.29, 0.717) is 39.5 Å². The number of halogens is 2. The van der Waals surface area contributed by atoms with Crippen LogP contribution in [0.2, 0.25) is 10.0 Å². The third-order valence-corrected chi connectivity index (χ3v) is 6.62. The summed E-state index contributed by atoms with van der Waals surface area (Å²) in [5.41, 5.74) is 4.53. The monoisotopic (exact) mass is 493 g/mol. The van der Waals surface area contributed by atoms with E-state index < -0.39 is 6.04 Å². The summed E-state index contributed by atoms with van der Waals surface area (Å²) in [6, 6.07) is 20.2. The molecule has 8 heteroatoms. The summed E-state index contributed by atoms with van der Waals surface area (Å²) in [5, 5.41) is 8.70. The van der Waals surface area contributed by atoms with E-state index in [4.69, 9.17) is 32.7 Å². The average molecular weight is 494 g/mol. The van der Waals surface area contributed by atoms with Crippen molar-refractivity contribution < 1.29 is 14.3 Å². The van der Waals surface area contributed by atoms with Crippen LogP contribution in [0.1, 0.15) is 33.2 Å². The van der Waals surface area contributed by atoms with E-state index in [1.807, 2.05) is 66.7 Å². The number of hydrogen-bond donors (Lipinski definition) is 1. The van der Waals surface area contributed by atoms with E-state index in [9.17, 15) is 4.79 Å². The number of benzene rings is 3. The predicted molar refractivity (Wildman–Crippen MR) is 132 cm³/mol. The topological polar surface area (TPSA) is 67.5 Å². The van der Waals surface area contributed by atoms with Gasteiger partial charge in [-0.3, -0.25) is 9.89 Å². The predicted octanol–water partition coefficient (Wildman–Crippen LogP) is 6.15. The lowest BCUT2D eigenvalue weighted by Gasteiger charge is -2.27. The molecule has 3 aromatic carbocycles. The number of carbonyl (C=O) groups excluding carboxylic acids is 1. The van der Waals surface area contributed by atoms with Crippen molar-refractivity contribution in [3.8, 4) is 22.8 Å². The summed E-state index contributed by atoms with van der Waals surface area (Å²) in [6.07, 6.45) is 0. The first-order valence-electron chi connectivity index (χ1n) is 10.6. The first-order valence-corrected chi connectivity index (χ1v) is 11.4. The lowest BCUT2D eigenvalue weighted by atomic mass is 9.95. The van der Waals surface area contributed by atoms with Crippen LogP contribution in [0.25, 0.3) is 11.3 Å². The molecule has 0 bridgehead atoms. The minimum Gasteiger partial charge on any atom is -0.493 e. The lowest BCUT2D eigenvalue weighted by molar-refractivity contribution is 0.0730. The van der Waals surface area contributed by atoms with E-state index >= 15 is 0 Å². The maximum atomic E-state index is 13.6. The van der Waals surface area contributed by atoms with Gasteiger partial charge in [0.15, 0.2) is 11.5 Å². The van der Waals surface area contributed by atoms with Gasteiger partial charge in [0.1, 0.15) is 5.69 Å². The number of H-pyrrole nitrogens is 1. The molecule has 1 aliphatic rings. The number of rotatable bonds is 6. The molecular formula is C26H21Cl2N3O3. The molecule has 0 spiro atoms. The molecular weight excluding hydrogens is 473 g/mol. The maximum Gasteiger partial charge on any atom is 0.273 e. The Balaban J connectivity index is 1.67. The van der Waals surface area contributed by atoms with Gasteiger partial charge in [0, 0.05) is 27.7 Å². The quantitative estimate of drug-likeness (QED) is 0.349. The Morgan fingerprint density at radius 2 is 1.71 bits per heavy atom. The Hall–Kier alpha value is -3.48. The Morgan fingerprint density at radius 1 is 0.971 bits per heavy atom. The molecule has 2 heterocycles. The van der Waals surface area contributed by atoms with Crippen molar-refractivity contribution in [1.29, 1.82) is 0 Å². The summed E-state index contributed by atoms with van der Waals surface area (Å²) >= 11 is 12.6. The average Bonchev–Trinajstić information content (AvgIpc) is 3.39. The van der Waals surface area contributed by atoms with Gasteiger partial charge in [0.05, 0.1) is 26.0 Å². The molecule has 0 radical (unpaired) electrons. The second kappa shape index (κ2) is 9.05. The van der Waals surface area contributed by atoms with Crippen molar-refractivity contribution >= 4 is 29.1 Å². The fraction of sp³-hybridized carbons (Fsp3) is 0.154. The van der Waals surface area contributed by atoms with E-state index in [2.05, 4.69) is 10.2 Å². The van der Waals surface area contributed by atoms with E-state index in [1.54, 1.807) is 19.1 Å². The van der Waals surface area contributed by atoms with Crippen LogP contribution in [-0.4, -0.2) is 35.2 Å². The molecule has 1 aliphatic heterocycles. The van der Waals surface area contributed by atoms with Crippen molar-refractivity contribution in [3.63, 3.8) is 0 Å². The Kier molecular flexibility index (Phi) is 5.94. The number of fused-ring (bicyclic) bond motifs is 1. The molecule has 1 aromatic heterocycles. The van der Waals surface area contributed by atoms with Crippen molar-refractivity contribution in [3.05, 3.63) is 99.2 Å². The van der Waals surface area contributed by atoms with Gasteiger partial charge in [-0.1, -0.05) is 59.6 Å². The van der Waals surface area contributed by atoms with Crippen LogP contribution in [0, 0.1) is 0 Å². The molecule has 1 unspecified atom stereocenters. The Morgan fingerprint density at radius 3 is 2.41 bits per heavy atom. The van der Waals surface area contributed by atoms with Gasteiger partial charge in [-0.05, 0) is 41.5 Å². The second-order valence-corrected chi connectivity index (χ2v) is 8.75. The summed E-state index contributed by atoms with van der Waals surface area (Å²) in [6.45, 7) is 0.333. The fourth-order valence-corrected chi connectivity index (χ4v) is 4.69. The van der Waals surface area contributed by atoms with E-state index in [1.165, 1.54) is 0 Å². The van der Waals surface area contributed by atoms with Crippen molar-refractivity contribution in [2.75, 3.05) is 14.2 Å². The van der Waals surface area contributed by atoms with Crippen LogP contribution in [0.4, 0.5) is 0 Å². The summed E-state index contributed by atoms with van der Waals surface area (Å²) in [4.78, 5) is 15.4. The third-order valence-electron chi connectivity index (χ3n) is 6.00. The smallest absolute Gasteiger partial charge is 0.273 e. The van der Waals surface area contributed by atoms with E-state index in [0.717, 1.165) is 22.3 Å². The number of ether oxygens (including phenoxy) is 2. The Bertz CT molecular complexity index is 1370. The largest absolute Gasteiger partial charge is 0.493 e. The van der Waals surface area contributed by atoms with Crippen LogP contribution in [0.3, 0.4) is 0 Å². The normalized spacial score (nSPS) is 14.9. The highest BCUT2D eigenvalue weighted by atomic mass is 35.5. The fourth-order valence-electron chi connectivity index (χ4n) is 4.37. The zero-order valence-corrected chi connectivity index (χ0v) is 20.0. The van der Waals surface area contributed by atoms with Crippen LogP contribution in [0.5, 0.6) is 11.5 Å². The molecule has 5 rings (SSSR count). The molecule has 34 heavy (non-hydrogen) atoms. The van der Waals surface area contributed by atoms with Gasteiger partial charge < -0.3 is 14.4 Å². The lowest BCUT2D eigenvalue weighted by Crippen LogP contribution is -2.29. The van der Waals surface area contributed by atoms with Crippen molar-refractivity contribution in [2.24, 2.45) is 0 Å². The van der Waals surface area contributed by atoms with Crippen molar-refractivity contribution in [1.82, 2.24) is 15.1 Å². The van der Waals surface area contributed by atoms with Gasteiger partial charge in [0.25, 0.3) is 5.91 Å². The number of nitrogens with zero attached hydrogens (tertiary/aromatic N) is 2. The molecule has 0 aliphatic carbocycles. The third kappa shape index (κ3) is 3.79. The van der Waals surface area contributed by atoms with E-state index in [-0.39, 0.29) is 5.91 Å². The number of aromatic amines is 1. The molecule has 1 N–H and O–H groups in total. The van der Waals surface area contributed by atoms with Crippen LogP contribution < -0.4 is 9.47 Å². The van der Waals surface area contributed by atoms with Crippen LogP contribution >= 0.6 is 23.2 Å². The van der Waals surface area contributed by atoms with Gasteiger partial charge in [-0.15, -0.1) is 0 Å². The molecule has 0 fully saturated rings. The standard InChI is InChI=1S/C26H21Cl2N3O3/c1-33-20-12-9-16(13-21(20)34-2)25-22-23(15-7-10-18(27)11-8-15)29-30-24(22)26(32)31(25)14-17-5-3-4-6-19(17)28/h3-13,25H,14H2,1-2H3,(H,29,30). The Labute approximate surface area is 207 Å². The van der Waals surface area contributed by atoms with Gasteiger partial charge in [0.2, 0.25) is 0 Å². The van der Waals surface area contributed by atoms with Gasteiger partial charge >= 0.3 is 0 Å². The zero-order valence-electron chi connectivity index (χ0n) is 18.5. The first-order chi connectivity index (χ1) is 16.5. The highest BCUT2D eigenvalue weighted by Gasteiger charge is 2.42. The number of hydrogen-bond acceptors (Lipinski definition) is 4. The summed E-state index contributed by atoms with van der Waals surface area (Å²) in [5.74, 6) is 1.04. The number of nitrogens with one attached hydrogen (secondary N) is 1. The number of amides is 1. The summed E-state index contributed by atoms with van der Waals surface area (Å²) < 4.78 is 11.0. The molecule has 1 atom stereocenters. The van der Waals surface area contributed by atoms with Crippen LogP contribution in [0.15, 0.2) is 66.7 Å². The number of aromatic nitrogens is 2. The number of carbonyl (C=O) groups is 1. The molecule has 1 amide bonds. The second-order valence-electron chi connectivity index (χ2n) is 7.91. The maximum absolute atomic E-state index is 13.6. The van der Waals surface area contributed by atoms with Gasteiger partial charge in [-0.25, -0.2) is 0 Å². The minimum absolute atomic E-state index is 0.151. The number of methoxy groups -OCH3 is 2. The van der Waals surface area contributed by atoms with Crippen molar-refractivity contribution in [2.45, 2.75) is 12.6 Å². The van der Waals surface area contributed by atoms with Crippen LogP contribution in [-0.2, 0) is 6.54 Å². The molecule has 0 saturated heterocycles. The minimum atomic E-state index is -0.414. The summed E-state index contributed by atoms with van der Waals surface area (Å²) in [7, 11) is 3.18. The molecule has 172 valence electrons. The highest BCUT2D eigenvalue weighted by molar-refractivity contribution is 6.31. The SMILES string of the molecule is COc1ccc(C2c3c(-c4ccc(Cl)cc4)n[nH]c3C(=O)N2Cc2ccccc2Cl)cc1OC. The van der Waals surface area contributed by atoms with Gasteiger partial charge in [-0.2, -0.15) is 5.10 Å².